The molecule has 0 aliphatic carbocycles. The third-order valence-corrected chi connectivity index (χ3v) is 4.62. The molecule has 1 amide bonds. The fourth-order valence-electron chi connectivity index (χ4n) is 2.60. The van der Waals surface area contributed by atoms with Gasteiger partial charge >= 0.3 is 0 Å². The minimum absolute atomic E-state index is 0.225. The van der Waals surface area contributed by atoms with Gasteiger partial charge in [-0.1, -0.05) is 24.3 Å². The van der Waals surface area contributed by atoms with Gasteiger partial charge in [-0.2, -0.15) is 0 Å². The molecule has 0 unspecified atom stereocenters. The van der Waals surface area contributed by atoms with Gasteiger partial charge in [-0.15, -0.1) is 0 Å². The lowest BCUT2D eigenvalue weighted by Gasteiger charge is -2.11. The average Bonchev–Trinajstić information content (AvgIpc) is 2.63. The van der Waals surface area contributed by atoms with Crippen molar-refractivity contribution in [2.45, 2.75) is 27.7 Å². The number of anilines is 3. The topological polar surface area (TPSA) is 66.9 Å². The van der Waals surface area contributed by atoms with Gasteiger partial charge in [-0.3, -0.25) is 4.79 Å². The predicted octanol–water partition coefficient (Wildman–Crippen LogP) is 4.71. The monoisotopic (exact) mass is 346 g/mol. The number of amides is 1. The van der Waals surface area contributed by atoms with E-state index in [1.54, 1.807) is 0 Å². The minimum atomic E-state index is -0.225. The zero-order valence-corrected chi connectivity index (χ0v) is 15.4. The van der Waals surface area contributed by atoms with Crippen LogP contribution < -0.4 is 10.6 Å². The van der Waals surface area contributed by atoms with E-state index >= 15 is 0 Å². The van der Waals surface area contributed by atoms with Gasteiger partial charge in [0.15, 0.2) is 0 Å². The first-order valence-corrected chi connectivity index (χ1v) is 8.48. The van der Waals surface area contributed by atoms with Gasteiger partial charge in [0.25, 0.3) is 5.91 Å². The molecule has 0 aliphatic heterocycles. The van der Waals surface area contributed by atoms with Crippen molar-refractivity contribution < 1.29 is 4.79 Å². The third-order valence-electron chi connectivity index (χ3n) is 4.62. The first kappa shape index (κ1) is 17.6. The van der Waals surface area contributed by atoms with Crippen LogP contribution in [-0.2, 0) is 0 Å². The molecule has 1 aromatic heterocycles. The second-order valence-corrected chi connectivity index (χ2v) is 6.37. The number of carbonyl (C=O) groups excluding carboxylic acids is 1. The van der Waals surface area contributed by atoms with Crippen molar-refractivity contribution in [3.63, 3.8) is 0 Å². The lowest BCUT2D eigenvalue weighted by Crippen LogP contribution is -2.14. The molecule has 0 saturated heterocycles. The Morgan fingerprint density at radius 3 is 1.96 bits per heavy atom. The van der Waals surface area contributed by atoms with Crippen LogP contribution in [0.1, 0.15) is 32.6 Å². The highest BCUT2D eigenvalue weighted by molar-refractivity contribution is 6.04. The second kappa shape index (κ2) is 7.35. The number of aryl methyl sites for hydroxylation is 2. The molecule has 0 fully saturated rings. The minimum Gasteiger partial charge on any atom is -0.324 e. The summed E-state index contributed by atoms with van der Waals surface area (Å²) in [5.41, 5.74) is 6.69. The molecule has 132 valence electrons. The number of hydrogen-bond acceptors (Lipinski definition) is 4. The van der Waals surface area contributed by atoms with Gasteiger partial charge in [0.2, 0.25) is 5.95 Å². The molecule has 0 atom stereocenters. The summed E-state index contributed by atoms with van der Waals surface area (Å²) in [4.78, 5) is 21.0. The summed E-state index contributed by atoms with van der Waals surface area (Å²) in [6, 6.07) is 11.8. The van der Waals surface area contributed by atoms with Crippen LogP contribution in [-0.4, -0.2) is 15.9 Å². The van der Waals surface area contributed by atoms with Crippen LogP contribution in [0.25, 0.3) is 0 Å². The Bertz CT molecular complexity index is 949. The first-order valence-electron chi connectivity index (χ1n) is 8.48. The van der Waals surface area contributed by atoms with E-state index in [2.05, 4.69) is 33.6 Å². The lowest BCUT2D eigenvalue weighted by atomic mass is 10.1. The number of aromatic nitrogens is 2. The zero-order chi connectivity index (χ0) is 18.7. The third kappa shape index (κ3) is 3.72. The van der Waals surface area contributed by atoms with Crippen LogP contribution in [0, 0.1) is 27.7 Å². The Kier molecular flexibility index (Phi) is 4.98. The molecule has 0 aliphatic rings. The van der Waals surface area contributed by atoms with Gasteiger partial charge in [0.1, 0.15) is 0 Å². The van der Waals surface area contributed by atoms with Crippen LogP contribution in [0.3, 0.4) is 0 Å². The van der Waals surface area contributed by atoms with Crippen molar-refractivity contribution in [3.05, 3.63) is 76.6 Å². The molecular weight excluding hydrogens is 324 g/mol. The average molecular weight is 346 g/mol. The van der Waals surface area contributed by atoms with Crippen molar-refractivity contribution >= 4 is 23.2 Å². The van der Waals surface area contributed by atoms with E-state index in [-0.39, 0.29) is 5.91 Å². The highest BCUT2D eigenvalue weighted by Crippen LogP contribution is 2.21. The summed E-state index contributed by atoms with van der Waals surface area (Å²) in [6.45, 7) is 8.10. The summed E-state index contributed by atoms with van der Waals surface area (Å²) in [6.07, 6.45) is 3.06. The van der Waals surface area contributed by atoms with E-state index < -0.39 is 0 Å². The molecule has 0 radical (unpaired) electrons. The molecule has 5 heteroatoms. The highest BCUT2D eigenvalue weighted by Gasteiger charge is 2.10. The summed E-state index contributed by atoms with van der Waals surface area (Å²) in [5.74, 6) is 0.235. The van der Waals surface area contributed by atoms with Gasteiger partial charge < -0.3 is 10.6 Å². The fraction of sp³-hybridized carbons (Fsp3) is 0.190. The van der Waals surface area contributed by atoms with E-state index in [1.807, 2.05) is 51.1 Å². The van der Waals surface area contributed by atoms with E-state index in [0.717, 1.165) is 28.1 Å². The number of carbonyl (C=O) groups is 1. The van der Waals surface area contributed by atoms with Crippen LogP contribution in [0.4, 0.5) is 17.3 Å². The van der Waals surface area contributed by atoms with Crippen LogP contribution >= 0.6 is 0 Å². The molecule has 3 rings (SSSR count). The SMILES string of the molecule is Cc1cccc(NC(=O)c2cnc(Nc3cccc(C)c3C)nc2)c1C. The summed E-state index contributed by atoms with van der Waals surface area (Å²) in [5, 5.41) is 6.11. The standard InChI is InChI=1S/C21H22N4O/c1-13-7-5-9-18(15(13)3)24-20(26)17-11-22-21(23-12-17)25-19-10-6-8-14(2)16(19)4/h5-12H,1-4H3,(H,24,26)(H,22,23,25). The molecule has 1 heterocycles. The number of rotatable bonds is 4. The highest BCUT2D eigenvalue weighted by atomic mass is 16.1. The molecular formula is C21H22N4O. The van der Waals surface area contributed by atoms with Crippen molar-refractivity contribution in [2.24, 2.45) is 0 Å². The maximum Gasteiger partial charge on any atom is 0.258 e. The Hall–Kier alpha value is -3.21. The summed E-state index contributed by atoms with van der Waals surface area (Å²) < 4.78 is 0. The van der Waals surface area contributed by atoms with Gasteiger partial charge in [-0.05, 0) is 62.1 Å². The second-order valence-electron chi connectivity index (χ2n) is 6.37. The Morgan fingerprint density at radius 1 is 0.808 bits per heavy atom. The quantitative estimate of drug-likeness (QED) is 0.718. The van der Waals surface area contributed by atoms with Crippen LogP contribution in [0.15, 0.2) is 48.8 Å². The van der Waals surface area contributed by atoms with Crippen molar-refractivity contribution in [1.29, 1.82) is 0 Å². The number of nitrogens with one attached hydrogen (secondary N) is 2. The van der Waals surface area contributed by atoms with E-state index in [0.29, 0.717) is 11.5 Å². The zero-order valence-electron chi connectivity index (χ0n) is 15.4. The lowest BCUT2D eigenvalue weighted by molar-refractivity contribution is 0.102. The van der Waals surface area contributed by atoms with Crippen molar-refractivity contribution in [2.75, 3.05) is 10.6 Å². The molecule has 2 aromatic carbocycles. The molecule has 26 heavy (non-hydrogen) atoms. The normalized spacial score (nSPS) is 10.5. The predicted molar refractivity (Wildman–Crippen MR) is 105 cm³/mol. The molecule has 0 bridgehead atoms. The van der Waals surface area contributed by atoms with E-state index in [4.69, 9.17) is 0 Å². The first-order chi connectivity index (χ1) is 12.5. The summed E-state index contributed by atoms with van der Waals surface area (Å²) in [7, 11) is 0. The van der Waals surface area contributed by atoms with Crippen molar-refractivity contribution in [1.82, 2.24) is 9.97 Å². The Labute approximate surface area is 153 Å². The Morgan fingerprint density at radius 2 is 1.35 bits per heavy atom. The fourth-order valence-corrected chi connectivity index (χ4v) is 2.60. The van der Waals surface area contributed by atoms with E-state index in [9.17, 15) is 4.79 Å². The number of hydrogen-bond donors (Lipinski definition) is 2. The van der Waals surface area contributed by atoms with Gasteiger partial charge in [-0.25, -0.2) is 9.97 Å². The molecule has 3 aromatic rings. The largest absolute Gasteiger partial charge is 0.324 e. The van der Waals surface area contributed by atoms with Crippen molar-refractivity contribution in [3.8, 4) is 0 Å². The van der Waals surface area contributed by atoms with Crippen LogP contribution in [0.2, 0.25) is 0 Å². The van der Waals surface area contributed by atoms with Gasteiger partial charge in [0.05, 0.1) is 5.56 Å². The molecule has 5 nitrogen and oxygen atoms in total. The van der Waals surface area contributed by atoms with Gasteiger partial charge in [0, 0.05) is 23.8 Å². The number of nitrogens with zero attached hydrogens (tertiary/aromatic N) is 2. The maximum absolute atomic E-state index is 12.4. The summed E-state index contributed by atoms with van der Waals surface area (Å²) >= 11 is 0. The van der Waals surface area contributed by atoms with E-state index in [1.165, 1.54) is 18.0 Å². The van der Waals surface area contributed by atoms with Crippen LogP contribution in [0.5, 0.6) is 0 Å². The smallest absolute Gasteiger partial charge is 0.258 e. The number of benzene rings is 2. The molecule has 0 spiro atoms. The Balaban J connectivity index is 1.74. The molecule has 0 saturated carbocycles. The maximum atomic E-state index is 12.4. The molecule has 2 N–H and O–H groups in total.